The van der Waals surface area contributed by atoms with E-state index in [1.165, 1.54) is 23.8 Å². The Labute approximate surface area is 213 Å². The van der Waals surface area contributed by atoms with Gasteiger partial charge in [0.05, 0.1) is 10.6 Å². The molecule has 0 saturated heterocycles. The zero-order valence-electron chi connectivity index (χ0n) is 20.2. The molecule has 1 amide bonds. The lowest BCUT2D eigenvalue weighted by atomic mass is 10.1. The third-order valence-corrected chi connectivity index (χ3v) is 6.06. The molecule has 0 unspecified atom stereocenters. The number of amides is 1. The van der Waals surface area contributed by atoms with E-state index in [0.29, 0.717) is 16.8 Å². The monoisotopic (exact) mass is 502 g/mol. The van der Waals surface area contributed by atoms with Crippen molar-refractivity contribution in [1.82, 2.24) is 20.3 Å². The summed E-state index contributed by atoms with van der Waals surface area (Å²) in [5, 5.41) is 26.0. The van der Waals surface area contributed by atoms with Crippen LogP contribution in [0.4, 0.5) is 11.4 Å². The summed E-state index contributed by atoms with van der Waals surface area (Å²) in [5.41, 5.74) is 5.59. The number of unbranched alkanes of at least 4 members (excludes halogenated alkanes) is 1. The predicted molar refractivity (Wildman–Crippen MR) is 144 cm³/mol. The molecule has 10 heteroatoms. The van der Waals surface area contributed by atoms with Gasteiger partial charge in [0.1, 0.15) is 11.0 Å². The molecule has 0 spiro atoms. The summed E-state index contributed by atoms with van der Waals surface area (Å²) in [6.45, 7) is 5.69. The highest BCUT2D eigenvalue weighted by atomic mass is 32.1. The highest BCUT2D eigenvalue weighted by Gasteiger charge is 2.16. The summed E-state index contributed by atoms with van der Waals surface area (Å²) in [6, 6.07) is 16.2. The Morgan fingerprint density at radius 3 is 2.39 bits per heavy atom. The van der Waals surface area contributed by atoms with Gasteiger partial charge in [-0.05, 0) is 80.4 Å². The minimum atomic E-state index is -0.539. The number of anilines is 1. The van der Waals surface area contributed by atoms with E-state index in [0.717, 1.165) is 36.0 Å². The van der Waals surface area contributed by atoms with E-state index < -0.39 is 10.8 Å². The van der Waals surface area contributed by atoms with Crippen molar-refractivity contribution in [2.24, 2.45) is 0 Å². The first kappa shape index (κ1) is 24.9. The molecule has 0 radical (unpaired) electrons. The summed E-state index contributed by atoms with van der Waals surface area (Å²) < 4.78 is 0. The number of hydrogen-bond acceptors (Lipinski definition) is 6. The van der Waals surface area contributed by atoms with Crippen molar-refractivity contribution in [3.63, 3.8) is 0 Å². The molecule has 9 nitrogen and oxygen atoms in total. The maximum atomic E-state index is 12.6. The summed E-state index contributed by atoms with van der Waals surface area (Å²) in [4.78, 5) is 24.8. The number of rotatable bonds is 7. The minimum Gasteiger partial charge on any atom is -0.332 e. The lowest BCUT2D eigenvalue weighted by Gasteiger charge is -2.12. The summed E-state index contributed by atoms with van der Waals surface area (Å²) in [7, 11) is 0. The fourth-order valence-electron chi connectivity index (χ4n) is 3.77. The van der Waals surface area contributed by atoms with Crippen molar-refractivity contribution >= 4 is 45.6 Å². The Morgan fingerprint density at radius 1 is 1.03 bits per heavy atom. The molecule has 0 aliphatic carbocycles. The number of fused-ring (bicyclic) bond motifs is 1. The topological polar surface area (TPSA) is 115 Å². The van der Waals surface area contributed by atoms with Crippen LogP contribution >= 0.6 is 12.2 Å². The van der Waals surface area contributed by atoms with Gasteiger partial charge >= 0.3 is 0 Å². The van der Waals surface area contributed by atoms with Gasteiger partial charge in [0, 0.05) is 22.9 Å². The number of carbonyl (C=O) groups is 1. The second kappa shape index (κ2) is 10.6. The van der Waals surface area contributed by atoms with Gasteiger partial charge < -0.3 is 5.32 Å². The third-order valence-electron chi connectivity index (χ3n) is 5.86. The van der Waals surface area contributed by atoms with E-state index in [4.69, 9.17) is 12.2 Å². The molecule has 3 aromatic carbocycles. The van der Waals surface area contributed by atoms with Crippen molar-refractivity contribution < 1.29 is 9.72 Å². The Bertz CT molecular complexity index is 1460. The van der Waals surface area contributed by atoms with Gasteiger partial charge in [-0.15, -0.1) is 10.2 Å². The zero-order valence-corrected chi connectivity index (χ0v) is 21.1. The Hall–Kier alpha value is -4.18. The van der Waals surface area contributed by atoms with Crippen LogP contribution in [0.15, 0.2) is 54.6 Å². The lowest BCUT2D eigenvalue weighted by molar-refractivity contribution is -0.385. The van der Waals surface area contributed by atoms with Crippen LogP contribution in [-0.4, -0.2) is 30.9 Å². The SMILES string of the molecule is CCCCc1ccc(-n2nc3cc(C)c(NC(=S)NC(=O)c4ccc(C)c([N+](=O)[O-])c4)cc3n2)cc1. The Morgan fingerprint density at radius 2 is 1.72 bits per heavy atom. The van der Waals surface area contributed by atoms with Crippen molar-refractivity contribution in [1.29, 1.82) is 0 Å². The van der Waals surface area contributed by atoms with Crippen LogP contribution in [0.25, 0.3) is 16.7 Å². The number of nitrogens with one attached hydrogen (secondary N) is 2. The van der Waals surface area contributed by atoms with Gasteiger partial charge in [0.15, 0.2) is 5.11 Å². The number of benzene rings is 3. The van der Waals surface area contributed by atoms with E-state index in [1.807, 2.05) is 31.2 Å². The van der Waals surface area contributed by atoms with Crippen molar-refractivity contribution in [2.45, 2.75) is 40.0 Å². The van der Waals surface area contributed by atoms with Crippen molar-refractivity contribution in [3.05, 3.63) is 87.0 Å². The van der Waals surface area contributed by atoms with Gasteiger partial charge in [-0.25, -0.2) is 0 Å². The fourth-order valence-corrected chi connectivity index (χ4v) is 3.97. The van der Waals surface area contributed by atoms with E-state index >= 15 is 0 Å². The molecule has 36 heavy (non-hydrogen) atoms. The maximum absolute atomic E-state index is 12.6. The molecular formula is C26H26N6O3S. The normalized spacial score (nSPS) is 10.9. The van der Waals surface area contributed by atoms with Crippen LogP contribution in [0.1, 0.15) is 46.8 Å². The molecule has 1 heterocycles. The van der Waals surface area contributed by atoms with Crippen LogP contribution in [-0.2, 0) is 6.42 Å². The van der Waals surface area contributed by atoms with Gasteiger partial charge in [0.2, 0.25) is 0 Å². The smallest absolute Gasteiger partial charge is 0.273 e. The van der Waals surface area contributed by atoms with E-state index in [2.05, 4.69) is 39.9 Å². The number of carbonyl (C=O) groups excluding carboxylic acids is 1. The average molecular weight is 503 g/mol. The first-order chi connectivity index (χ1) is 17.2. The van der Waals surface area contributed by atoms with E-state index in [-0.39, 0.29) is 16.4 Å². The van der Waals surface area contributed by atoms with Gasteiger partial charge in [-0.3, -0.25) is 20.2 Å². The van der Waals surface area contributed by atoms with Gasteiger partial charge in [-0.2, -0.15) is 4.80 Å². The van der Waals surface area contributed by atoms with Crippen molar-refractivity contribution in [2.75, 3.05) is 5.32 Å². The first-order valence-electron chi connectivity index (χ1n) is 11.6. The number of aryl methyl sites for hydroxylation is 3. The molecular weight excluding hydrogens is 476 g/mol. The highest BCUT2D eigenvalue weighted by molar-refractivity contribution is 7.80. The molecule has 4 rings (SSSR count). The van der Waals surface area contributed by atoms with Crippen LogP contribution in [0.5, 0.6) is 0 Å². The number of aromatic nitrogens is 3. The molecule has 0 fully saturated rings. The highest BCUT2D eigenvalue weighted by Crippen LogP contribution is 2.23. The summed E-state index contributed by atoms with van der Waals surface area (Å²) in [5.74, 6) is -0.539. The quantitative estimate of drug-likeness (QED) is 0.197. The standard InChI is InChI=1S/C26H26N6O3S/c1-4-5-6-18-8-11-20(12-9-18)31-29-22-13-17(3)21(15-23(22)30-31)27-26(36)28-25(33)19-10-7-16(2)24(14-19)32(34)35/h7-15H,4-6H2,1-3H3,(H2,27,28,33,36). The minimum absolute atomic E-state index is 0.0701. The number of thiocarbonyl (C=S) groups is 1. The Kier molecular flexibility index (Phi) is 7.35. The van der Waals surface area contributed by atoms with Crippen molar-refractivity contribution in [3.8, 4) is 5.69 Å². The maximum Gasteiger partial charge on any atom is 0.273 e. The third kappa shape index (κ3) is 5.55. The number of hydrogen-bond donors (Lipinski definition) is 2. The van der Waals surface area contributed by atoms with Crippen LogP contribution in [0, 0.1) is 24.0 Å². The van der Waals surface area contributed by atoms with Gasteiger partial charge in [0.25, 0.3) is 11.6 Å². The molecule has 0 aliphatic heterocycles. The summed E-state index contributed by atoms with van der Waals surface area (Å²) >= 11 is 5.31. The van der Waals surface area contributed by atoms with E-state index in [9.17, 15) is 14.9 Å². The molecule has 0 saturated carbocycles. The average Bonchev–Trinajstić information content (AvgIpc) is 3.25. The second-order valence-electron chi connectivity index (χ2n) is 8.58. The van der Waals surface area contributed by atoms with Crippen LogP contribution in [0.3, 0.4) is 0 Å². The zero-order chi connectivity index (χ0) is 25.8. The van der Waals surface area contributed by atoms with Gasteiger partial charge in [-0.1, -0.05) is 31.5 Å². The second-order valence-corrected chi connectivity index (χ2v) is 8.99. The Balaban J connectivity index is 1.48. The molecule has 2 N–H and O–H groups in total. The fraction of sp³-hybridized carbons (Fsp3) is 0.231. The molecule has 0 aliphatic rings. The lowest BCUT2D eigenvalue weighted by Crippen LogP contribution is -2.34. The summed E-state index contributed by atoms with van der Waals surface area (Å²) in [6.07, 6.45) is 3.37. The molecule has 184 valence electrons. The van der Waals surface area contributed by atoms with E-state index in [1.54, 1.807) is 11.7 Å². The number of nitrogens with zero attached hydrogens (tertiary/aromatic N) is 4. The van der Waals surface area contributed by atoms with Crippen LogP contribution in [0.2, 0.25) is 0 Å². The predicted octanol–water partition coefficient (Wildman–Crippen LogP) is 5.41. The largest absolute Gasteiger partial charge is 0.332 e. The molecule has 4 aromatic rings. The number of nitro benzene ring substituents is 1. The first-order valence-corrected chi connectivity index (χ1v) is 12.0. The molecule has 1 aromatic heterocycles. The van der Waals surface area contributed by atoms with Crippen LogP contribution < -0.4 is 10.6 Å². The molecule has 0 atom stereocenters. The molecule has 0 bridgehead atoms. The number of nitro groups is 1.